The van der Waals surface area contributed by atoms with E-state index in [1.807, 2.05) is 0 Å². The van der Waals surface area contributed by atoms with Crippen LogP contribution in [0.15, 0.2) is 71.6 Å². The fraction of sp³-hybridized carbons (Fsp3) is 0.0417. The van der Waals surface area contributed by atoms with Gasteiger partial charge in [0.05, 0.1) is 33.7 Å². The molecule has 10 nitrogen and oxygen atoms in total. The molecule has 0 saturated carbocycles. The topological polar surface area (TPSA) is 176 Å². The number of para-hydroxylation sites is 1. The first-order valence-corrected chi connectivity index (χ1v) is 11.0. The highest BCUT2D eigenvalue weighted by Crippen LogP contribution is 2.23. The highest BCUT2D eigenvalue weighted by atomic mass is 32.2. The molecule has 0 aliphatic carbocycles. The molecule has 0 unspecified atom stereocenters. The number of nitrogens with two attached hydrogens (primary N) is 1. The summed E-state index contributed by atoms with van der Waals surface area (Å²) in [5, 5.41) is 23.6. The van der Waals surface area contributed by atoms with Crippen LogP contribution in [-0.2, 0) is 4.79 Å². The molecule has 0 spiro atoms. The second-order valence-corrected chi connectivity index (χ2v) is 8.15. The van der Waals surface area contributed by atoms with Gasteiger partial charge in [0.2, 0.25) is 5.91 Å². The summed E-state index contributed by atoms with van der Waals surface area (Å²) in [5.41, 5.74) is 5.25. The molecular weight excluding hydrogens is 474 g/mol. The molecule has 0 aromatic heterocycles. The summed E-state index contributed by atoms with van der Waals surface area (Å²) in [6.45, 7) is 0. The molecule has 0 atom stereocenters. The van der Waals surface area contributed by atoms with Crippen LogP contribution in [0.2, 0.25) is 0 Å². The maximum absolute atomic E-state index is 12.7. The monoisotopic (exact) mass is 493 g/mol. The van der Waals surface area contributed by atoms with E-state index in [-0.39, 0.29) is 28.4 Å². The molecule has 0 aliphatic heterocycles. The Kier molecular flexibility index (Phi) is 7.85. The summed E-state index contributed by atoms with van der Waals surface area (Å²) in [6.07, 6.45) is 0. The molecule has 178 valence electrons. The van der Waals surface area contributed by atoms with Gasteiger partial charge in [-0.25, -0.2) is 9.59 Å². The fourth-order valence-corrected chi connectivity index (χ4v) is 3.81. The second kappa shape index (κ2) is 11.0. The second-order valence-electron chi connectivity index (χ2n) is 7.10. The molecule has 3 rings (SSSR count). The molecule has 0 bridgehead atoms. The number of carbonyl (C=O) groups is 5. The summed E-state index contributed by atoms with van der Waals surface area (Å²) < 4.78 is 0. The Hall–Kier alpha value is -4.64. The van der Waals surface area contributed by atoms with Gasteiger partial charge in [0.1, 0.15) is 0 Å². The van der Waals surface area contributed by atoms with E-state index in [0.717, 1.165) is 18.2 Å². The largest absolute Gasteiger partial charge is 0.478 e. The van der Waals surface area contributed by atoms with E-state index < -0.39 is 29.3 Å². The number of thioether (sulfide) groups is 1. The van der Waals surface area contributed by atoms with Crippen molar-refractivity contribution < 1.29 is 34.2 Å². The standard InChI is InChI=1S/C24H19N3O7S/c25-21(29)17-6-1-2-7-19(17)27-20(28)12-35-15-5-3-4-14(11-15)26-22(30)16-9-8-13(23(31)32)10-18(16)24(33)34/h1-11H,12H2,(H2,25,29)(H,26,30)(H,27,28)(H,31,32)(H,33,34). The van der Waals surface area contributed by atoms with E-state index in [9.17, 15) is 29.1 Å². The molecule has 3 amide bonds. The predicted octanol–water partition coefficient (Wildman–Crippen LogP) is 3.17. The fourth-order valence-electron chi connectivity index (χ4n) is 3.06. The maximum Gasteiger partial charge on any atom is 0.336 e. The molecule has 6 N–H and O–H groups in total. The molecule has 11 heteroatoms. The zero-order chi connectivity index (χ0) is 25.5. The number of anilines is 2. The average molecular weight is 493 g/mol. The Morgan fingerprint density at radius 2 is 1.51 bits per heavy atom. The van der Waals surface area contributed by atoms with Crippen molar-refractivity contribution in [3.05, 3.63) is 89.0 Å². The average Bonchev–Trinajstić information content (AvgIpc) is 2.82. The SMILES string of the molecule is NC(=O)c1ccccc1NC(=O)CSc1cccc(NC(=O)c2ccc(C(=O)O)cc2C(=O)O)c1. The number of carboxylic acid groups (broad SMARTS) is 2. The lowest BCUT2D eigenvalue weighted by atomic mass is 10.0. The molecule has 0 fully saturated rings. The van der Waals surface area contributed by atoms with Crippen molar-refractivity contribution in [2.75, 3.05) is 16.4 Å². The van der Waals surface area contributed by atoms with Gasteiger partial charge in [-0.2, -0.15) is 0 Å². The van der Waals surface area contributed by atoms with Gasteiger partial charge in [-0.3, -0.25) is 14.4 Å². The number of carboxylic acids is 2. The minimum absolute atomic E-state index is 0.00427. The van der Waals surface area contributed by atoms with Crippen LogP contribution >= 0.6 is 11.8 Å². The lowest BCUT2D eigenvalue weighted by molar-refractivity contribution is -0.113. The van der Waals surface area contributed by atoms with Crippen molar-refractivity contribution in [2.24, 2.45) is 5.73 Å². The molecule has 0 aliphatic rings. The summed E-state index contributed by atoms with van der Waals surface area (Å²) in [7, 11) is 0. The molecule has 0 radical (unpaired) electrons. The quantitative estimate of drug-likeness (QED) is 0.282. The van der Waals surface area contributed by atoms with Crippen LogP contribution in [0, 0.1) is 0 Å². The molecule has 3 aromatic carbocycles. The van der Waals surface area contributed by atoms with Crippen molar-refractivity contribution in [2.45, 2.75) is 4.90 Å². The van der Waals surface area contributed by atoms with Crippen molar-refractivity contribution >= 4 is 52.8 Å². The van der Waals surface area contributed by atoms with Crippen LogP contribution in [0.5, 0.6) is 0 Å². The minimum Gasteiger partial charge on any atom is -0.478 e. The third-order valence-corrected chi connectivity index (χ3v) is 5.66. The van der Waals surface area contributed by atoms with Gasteiger partial charge in [0.15, 0.2) is 0 Å². The van der Waals surface area contributed by atoms with E-state index in [4.69, 9.17) is 10.8 Å². The predicted molar refractivity (Wildman–Crippen MR) is 129 cm³/mol. The molecule has 35 heavy (non-hydrogen) atoms. The van der Waals surface area contributed by atoms with Crippen molar-refractivity contribution in [3.8, 4) is 0 Å². The van der Waals surface area contributed by atoms with Crippen LogP contribution in [0.1, 0.15) is 41.4 Å². The number of rotatable bonds is 9. The van der Waals surface area contributed by atoms with E-state index in [0.29, 0.717) is 16.3 Å². The number of nitrogens with one attached hydrogen (secondary N) is 2. The van der Waals surface area contributed by atoms with Gasteiger partial charge in [-0.15, -0.1) is 11.8 Å². The van der Waals surface area contributed by atoms with Crippen LogP contribution in [0.3, 0.4) is 0 Å². The van der Waals surface area contributed by atoms with Crippen LogP contribution in [0.4, 0.5) is 11.4 Å². The third-order valence-electron chi connectivity index (χ3n) is 4.67. The summed E-state index contributed by atoms with van der Waals surface area (Å²) in [4.78, 5) is 59.7. The Balaban J connectivity index is 1.67. The number of aromatic carboxylic acids is 2. The van der Waals surface area contributed by atoms with Gasteiger partial charge in [0.25, 0.3) is 11.8 Å². The highest BCUT2D eigenvalue weighted by molar-refractivity contribution is 8.00. The summed E-state index contributed by atoms with van der Waals surface area (Å²) in [5.74, 6) is -4.52. The zero-order valence-corrected chi connectivity index (χ0v) is 18.8. The highest BCUT2D eigenvalue weighted by Gasteiger charge is 2.19. The van der Waals surface area contributed by atoms with E-state index >= 15 is 0 Å². The molecule has 0 saturated heterocycles. The smallest absolute Gasteiger partial charge is 0.336 e. The van der Waals surface area contributed by atoms with E-state index in [1.165, 1.54) is 17.8 Å². The van der Waals surface area contributed by atoms with Crippen molar-refractivity contribution in [3.63, 3.8) is 0 Å². The normalized spacial score (nSPS) is 10.3. The Bertz CT molecular complexity index is 1340. The number of amides is 3. The number of benzene rings is 3. The Morgan fingerprint density at radius 3 is 2.20 bits per heavy atom. The first kappa shape index (κ1) is 25.0. The maximum atomic E-state index is 12.7. The van der Waals surface area contributed by atoms with Crippen molar-refractivity contribution in [1.29, 1.82) is 0 Å². The number of carbonyl (C=O) groups excluding carboxylic acids is 3. The third kappa shape index (κ3) is 6.45. The first-order valence-electron chi connectivity index (χ1n) is 9.99. The lowest BCUT2D eigenvalue weighted by Crippen LogP contribution is -2.19. The van der Waals surface area contributed by atoms with E-state index in [2.05, 4.69) is 10.6 Å². The zero-order valence-electron chi connectivity index (χ0n) is 18.0. The van der Waals surface area contributed by atoms with Crippen molar-refractivity contribution in [1.82, 2.24) is 0 Å². The van der Waals surface area contributed by atoms with E-state index in [1.54, 1.807) is 42.5 Å². The molecule has 3 aromatic rings. The summed E-state index contributed by atoms with van der Waals surface area (Å²) in [6, 6.07) is 16.1. The summed E-state index contributed by atoms with van der Waals surface area (Å²) >= 11 is 1.17. The lowest BCUT2D eigenvalue weighted by Gasteiger charge is -2.11. The Labute approximate surface area is 203 Å². The van der Waals surface area contributed by atoms with Gasteiger partial charge in [-0.1, -0.05) is 18.2 Å². The van der Waals surface area contributed by atoms with Gasteiger partial charge in [0, 0.05) is 10.6 Å². The number of hydrogen-bond acceptors (Lipinski definition) is 6. The van der Waals surface area contributed by atoms with Gasteiger partial charge < -0.3 is 26.6 Å². The Morgan fingerprint density at radius 1 is 0.771 bits per heavy atom. The molecule has 0 heterocycles. The van der Waals surface area contributed by atoms with Crippen LogP contribution in [-0.4, -0.2) is 45.6 Å². The van der Waals surface area contributed by atoms with Gasteiger partial charge in [-0.05, 0) is 48.5 Å². The van der Waals surface area contributed by atoms with Gasteiger partial charge >= 0.3 is 11.9 Å². The first-order chi connectivity index (χ1) is 16.7. The molecular formula is C24H19N3O7S. The van der Waals surface area contributed by atoms with Crippen LogP contribution < -0.4 is 16.4 Å². The van der Waals surface area contributed by atoms with Crippen LogP contribution in [0.25, 0.3) is 0 Å². The number of primary amides is 1. The number of hydrogen-bond donors (Lipinski definition) is 5. The minimum atomic E-state index is -1.44.